The van der Waals surface area contributed by atoms with Crippen molar-refractivity contribution in [3.05, 3.63) is 47.8 Å². The van der Waals surface area contributed by atoms with Crippen molar-refractivity contribution in [2.45, 2.75) is 12.6 Å². The van der Waals surface area contributed by atoms with E-state index >= 15 is 0 Å². The Morgan fingerprint density at radius 2 is 2.19 bits per heavy atom. The van der Waals surface area contributed by atoms with E-state index in [1.165, 1.54) is 7.11 Å². The number of aliphatic hydroxyl groups is 1. The van der Waals surface area contributed by atoms with Gasteiger partial charge >= 0.3 is 6.03 Å². The molecule has 1 aromatic carbocycles. The Bertz CT molecular complexity index is 571. The molecule has 2 aromatic rings. The molecular weight excluding hydrogens is 272 g/mol. The summed E-state index contributed by atoms with van der Waals surface area (Å²) in [6, 6.07) is 8.55. The lowest BCUT2D eigenvalue weighted by Gasteiger charge is -2.15. The van der Waals surface area contributed by atoms with Gasteiger partial charge in [0, 0.05) is 18.3 Å². The molecule has 0 radical (unpaired) electrons. The molecule has 0 unspecified atom stereocenters. The lowest BCUT2D eigenvalue weighted by molar-refractivity contribution is 0.169. The molecule has 0 aliphatic rings. The highest BCUT2D eigenvalue weighted by molar-refractivity contribution is 5.73. The topological polar surface area (TPSA) is 99.3 Å². The van der Waals surface area contributed by atoms with Gasteiger partial charge < -0.3 is 20.5 Å². The van der Waals surface area contributed by atoms with Gasteiger partial charge in [0.15, 0.2) is 0 Å². The van der Waals surface area contributed by atoms with Gasteiger partial charge in [0.2, 0.25) is 0 Å². The van der Waals surface area contributed by atoms with Crippen LogP contribution in [0, 0.1) is 0 Å². The van der Waals surface area contributed by atoms with Crippen LogP contribution in [0.1, 0.15) is 17.4 Å². The number of aliphatic hydroxyl groups excluding tert-OH is 1. The van der Waals surface area contributed by atoms with Crippen LogP contribution in [-0.2, 0) is 6.54 Å². The number of urea groups is 1. The van der Waals surface area contributed by atoms with Crippen molar-refractivity contribution in [2.24, 2.45) is 0 Å². The van der Waals surface area contributed by atoms with E-state index in [-0.39, 0.29) is 12.6 Å². The number of hydrogen-bond acceptors (Lipinski definition) is 4. The van der Waals surface area contributed by atoms with E-state index < -0.39 is 6.10 Å². The smallest absolute Gasteiger partial charge is 0.315 e. The number of aromatic nitrogens is 2. The quantitative estimate of drug-likeness (QED) is 0.636. The van der Waals surface area contributed by atoms with Crippen molar-refractivity contribution in [1.82, 2.24) is 20.8 Å². The lowest BCUT2D eigenvalue weighted by Crippen LogP contribution is -2.37. The summed E-state index contributed by atoms with van der Waals surface area (Å²) in [5, 5.41) is 21.9. The van der Waals surface area contributed by atoms with E-state index in [0.717, 1.165) is 5.69 Å². The highest BCUT2D eigenvalue weighted by Gasteiger charge is 2.13. The number of rotatable bonds is 6. The van der Waals surface area contributed by atoms with Crippen LogP contribution in [0.25, 0.3) is 0 Å². The minimum absolute atomic E-state index is 0.0924. The SMILES string of the molecule is COc1ccccc1[C@@H](O)CNC(=O)NCc1ccn[nH]1. The van der Waals surface area contributed by atoms with Gasteiger partial charge in [-0.2, -0.15) is 5.10 Å². The number of ether oxygens (including phenoxy) is 1. The predicted molar refractivity (Wildman–Crippen MR) is 76.8 cm³/mol. The minimum atomic E-state index is -0.834. The molecule has 1 atom stereocenters. The third kappa shape index (κ3) is 4.22. The van der Waals surface area contributed by atoms with Crippen molar-refractivity contribution < 1.29 is 14.6 Å². The van der Waals surface area contributed by atoms with Crippen LogP contribution in [-0.4, -0.2) is 35.0 Å². The summed E-state index contributed by atoms with van der Waals surface area (Å²) in [5.41, 5.74) is 1.43. The first kappa shape index (κ1) is 14.9. The lowest BCUT2D eigenvalue weighted by atomic mass is 10.1. The monoisotopic (exact) mass is 290 g/mol. The predicted octanol–water partition coefficient (Wildman–Crippen LogP) is 0.951. The summed E-state index contributed by atoms with van der Waals surface area (Å²) in [6.07, 6.45) is 0.777. The largest absolute Gasteiger partial charge is 0.496 e. The third-order valence-electron chi connectivity index (χ3n) is 2.95. The molecule has 2 amide bonds. The molecule has 1 heterocycles. The molecule has 0 bridgehead atoms. The minimum Gasteiger partial charge on any atom is -0.496 e. The molecule has 0 saturated heterocycles. The second-order valence-corrected chi connectivity index (χ2v) is 4.40. The Balaban J connectivity index is 1.80. The number of nitrogens with zero attached hydrogens (tertiary/aromatic N) is 1. The molecule has 21 heavy (non-hydrogen) atoms. The van der Waals surface area contributed by atoms with Crippen LogP contribution in [0.5, 0.6) is 5.75 Å². The van der Waals surface area contributed by atoms with Gasteiger partial charge in [0.1, 0.15) is 5.75 Å². The second-order valence-electron chi connectivity index (χ2n) is 4.40. The number of hydrogen-bond donors (Lipinski definition) is 4. The highest BCUT2D eigenvalue weighted by atomic mass is 16.5. The number of H-pyrrole nitrogens is 1. The van der Waals surface area contributed by atoms with E-state index in [1.54, 1.807) is 30.5 Å². The van der Waals surface area contributed by atoms with Crippen LogP contribution in [0.2, 0.25) is 0 Å². The Labute approximate surface area is 122 Å². The molecule has 4 N–H and O–H groups in total. The van der Waals surface area contributed by atoms with E-state index in [1.807, 2.05) is 6.07 Å². The van der Waals surface area contributed by atoms with Crippen molar-refractivity contribution in [3.8, 4) is 5.75 Å². The molecule has 0 saturated carbocycles. The van der Waals surface area contributed by atoms with Crippen LogP contribution in [0.15, 0.2) is 36.5 Å². The summed E-state index contributed by atoms with van der Waals surface area (Å²) < 4.78 is 5.17. The summed E-state index contributed by atoms with van der Waals surface area (Å²) in [6.45, 7) is 0.436. The van der Waals surface area contributed by atoms with Gasteiger partial charge in [-0.25, -0.2) is 4.79 Å². The fourth-order valence-corrected chi connectivity index (χ4v) is 1.86. The summed E-state index contributed by atoms with van der Waals surface area (Å²) in [5.74, 6) is 0.588. The number of aromatic amines is 1. The summed E-state index contributed by atoms with van der Waals surface area (Å²) in [7, 11) is 1.54. The normalized spacial score (nSPS) is 11.7. The first-order valence-electron chi connectivity index (χ1n) is 6.51. The number of para-hydroxylation sites is 1. The van der Waals surface area contributed by atoms with E-state index in [9.17, 15) is 9.90 Å². The molecule has 1 aromatic heterocycles. The average Bonchev–Trinajstić information content (AvgIpc) is 3.04. The Kier molecular flexibility index (Phi) is 5.16. The molecular formula is C14H18N4O3. The van der Waals surface area contributed by atoms with Gasteiger partial charge in [-0.05, 0) is 12.1 Å². The molecule has 0 aliphatic heterocycles. The van der Waals surface area contributed by atoms with Crippen molar-refractivity contribution in [2.75, 3.05) is 13.7 Å². The maximum absolute atomic E-state index is 11.6. The number of methoxy groups -OCH3 is 1. The van der Waals surface area contributed by atoms with Gasteiger partial charge in [0.05, 0.1) is 25.5 Å². The molecule has 0 spiro atoms. The standard InChI is InChI=1S/C14H18N4O3/c1-21-13-5-3-2-4-11(13)12(19)9-16-14(20)15-8-10-6-7-17-18-10/h2-7,12,19H,8-9H2,1H3,(H,17,18)(H2,15,16,20)/t12-/m0/s1. The fourth-order valence-electron chi connectivity index (χ4n) is 1.86. The van der Waals surface area contributed by atoms with E-state index in [4.69, 9.17) is 4.74 Å². The van der Waals surface area contributed by atoms with Crippen LogP contribution in [0.4, 0.5) is 4.79 Å². The maximum Gasteiger partial charge on any atom is 0.315 e. The zero-order valence-corrected chi connectivity index (χ0v) is 11.7. The average molecular weight is 290 g/mol. The zero-order valence-electron chi connectivity index (χ0n) is 11.7. The number of nitrogens with one attached hydrogen (secondary N) is 3. The molecule has 7 heteroatoms. The van der Waals surface area contributed by atoms with Crippen molar-refractivity contribution in [1.29, 1.82) is 0 Å². The van der Waals surface area contributed by atoms with Crippen molar-refractivity contribution in [3.63, 3.8) is 0 Å². The molecule has 0 fully saturated rings. The van der Waals surface area contributed by atoms with Gasteiger partial charge in [-0.15, -0.1) is 0 Å². The molecule has 7 nitrogen and oxygen atoms in total. The Hall–Kier alpha value is -2.54. The van der Waals surface area contributed by atoms with Crippen LogP contribution in [0.3, 0.4) is 0 Å². The first-order valence-corrected chi connectivity index (χ1v) is 6.51. The van der Waals surface area contributed by atoms with Crippen LogP contribution < -0.4 is 15.4 Å². The van der Waals surface area contributed by atoms with Gasteiger partial charge in [-0.3, -0.25) is 5.10 Å². The number of amides is 2. The van der Waals surface area contributed by atoms with Gasteiger partial charge in [0.25, 0.3) is 0 Å². The first-order chi connectivity index (χ1) is 10.2. The molecule has 0 aliphatic carbocycles. The van der Waals surface area contributed by atoms with Gasteiger partial charge in [-0.1, -0.05) is 18.2 Å². The summed E-state index contributed by atoms with van der Waals surface area (Å²) >= 11 is 0. The zero-order chi connectivity index (χ0) is 15.1. The Morgan fingerprint density at radius 1 is 1.38 bits per heavy atom. The number of carbonyl (C=O) groups is 1. The number of carbonyl (C=O) groups excluding carboxylic acids is 1. The molecule has 2 rings (SSSR count). The Morgan fingerprint density at radius 3 is 2.90 bits per heavy atom. The second kappa shape index (κ2) is 7.30. The fraction of sp³-hybridized carbons (Fsp3) is 0.286. The van der Waals surface area contributed by atoms with Crippen LogP contribution >= 0.6 is 0 Å². The highest BCUT2D eigenvalue weighted by Crippen LogP contribution is 2.23. The van der Waals surface area contributed by atoms with E-state index in [2.05, 4.69) is 20.8 Å². The molecule has 112 valence electrons. The third-order valence-corrected chi connectivity index (χ3v) is 2.95. The van der Waals surface area contributed by atoms with E-state index in [0.29, 0.717) is 17.9 Å². The van der Waals surface area contributed by atoms with Crippen molar-refractivity contribution >= 4 is 6.03 Å². The summed E-state index contributed by atoms with van der Waals surface area (Å²) in [4.78, 5) is 11.6. The maximum atomic E-state index is 11.6. The number of benzene rings is 1.